The Kier molecular flexibility index (Phi) is 5.49. The number of hydrogen-bond acceptors (Lipinski definition) is 4. The molecule has 0 bridgehead atoms. The zero-order valence-electron chi connectivity index (χ0n) is 15.2. The summed E-state index contributed by atoms with van der Waals surface area (Å²) in [6.07, 6.45) is 2.70. The summed E-state index contributed by atoms with van der Waals surface area (Å²) in [7, 11) is 0. The molecule has 0 aliphatic rings. The molecule has 0 aliphatic heterocycles. The molecule has 0 amide bonds. The molecule has 0 spiro atoms. The molecule has 0 unspecified atom stereocenters. The number of para-hydroxylation sites is 1. The fourth-order valence-corrected chi connectivity index (χ4v) is 3.06. The normalized spacial score (nSPS) is 10.8. The molecule has 0 atom stereocenters. The van der Waals surface area contributed by atoms with Crippen molar-refractivity contribution in [2.45, 2.75) is 27.2 Å². The topological polar surface area (TPSA) is 38.2 Å². The van der Waals surface area contributed by atoms with E-state index in [2.05, 4.69) is 59.9 Å². The second-order valence-corrected chi connectivity index (χ2v) is 6.32. The van der Waals surface area contributed by atoms with Gasteiger partial charge in [-0.05, 0) is 44.0 Å². The number of ether oxygens (including phenoxy) is 1. The lowest BCUT2D eigenvalue weighted by atomic mass is 10.1. The summed E-state index contributed by atoms with van der Waals surface area (Å²) in [4.78, 5) is 11.2. The highest BCUT2D eigenvalue weighted by molar-refractivity contribution is 5.89. The number of aromatic nitrogens is 2. The van der Waals surface area contributed by atoms with Gasteiger partial charge in [-0.3, -0.25) is 0 Å². The first kappa shape index (κ1) is 17.2. The number of aryl methyl sites for hydroxylation is 2. The van der Waals surface area contributed by atoms with Crippen LogP contribution in [-0.4, -0.2) is 29.7 Å². The molecular weight excluding hydrogens is 310 g/mol. The first-order valence-electron chi connectivity index (χ1n) is 8.83. The second kappa shape index (κ2) is 7.97. The van der Waals surface area contributed by atoms with Gasteiger partial charge in [-0.1, -0.05) is 36.8 Å². The SMILES string of the molecule is CCCN(CCOc1ccc(C)cc1C)c1ncnc2ccccc12. The van der Waals surface area contributed by atoms with Crippen molar-refractivity contribution in [1.82, 2.24) is 9.97 Å². The van der Waals surface area contributed by atoms with Crippen LogP contribution >= 0.6 is 0 Å². The fraction of sp³-hybridized carbons (Fsp3) is 0.333. The first-order chi connectivity index (χ1) is 12.2. The van der Waals surface area contributed by atoms with Crippen LogP contribution in [0, 0.1) is 13.8 Å². The standard InChI is InChI=1S/C21H25N3O/c1-4-11-24(12-13-25-20-10-9-16(2)14-17(20)3)21-18-7-5-6-8-19(18)22-15-23-21/h5-10,14-15H,4,11-13H2,1-3H3. The van der Waals surface area contributed by atoms with Crippen LogP contribution in [0.1, 0.15) is 24.5 Å². The van der Waals surface area contributed by atoms with Gasteiger partial charge < -0.3 is 9.64 Å². The van der Waals surface area contributed by atoms with Gasteiger partial charge in [0.2, 0.25) is 0 Å². The molecule has 0 saturated heterocycles. The summed E-state index contributed by atoms with van der Waals surface area (Å²) in [5.74, 6) is 1.94. The predicted molar refractivity (Wildman–Crippen MR) is 103 cm³/mol. The molecule has 4 heteroatoms. The molecule has 0 fully saturated rings. The number of benzene rings is 2. The van der Waals surface area contributed by atoms with E-state index < -0.39 is 0 Å². The summed E-state index contributed by atoms with van der Waals surface area (Å²) < 4.78 is 6.02. The van der Waals surface area contributed by atoms with E-state index in [0.29, 0.717) is 6.61 Å². The molecular formula is C21H25N3O. The van der Waals surface area contributed by atoms with Crippen molar-refractivity contribution >= 4 is 16.7 Å². The van der Waals surface area contributed by atoms with Gasteiger partial charge >= 0.3 is 0 Å². The zero-order valence-corrected chi connectivity index (χ0v) is 15.2. The lowest BCUT2D eigenvalue weighted by Gasteiger charge is -2.24. The van der Waals surface area contributed by atoms with Crippen LogP contribution in [-0.2, 0) is 0 Å². The monoisotopic (exact) mass is 335 g/mol. The Bertz CT molecular complexity index is 842. The van der Waals surface area contributed by atoms with Crippen molar-refractivity contribution in [1.29, 1.82) is 0 Å². The maximum Gasteiger partial charge on any atom is 0.139 e. The molecule has 130 valence electrons. The molecule has 1 heterocycles. The van der Waals surface area contributed by atoms with Gasteiger partial charge in [0.1, 0.15) is 24.5 Å². The van der Waals surface area contributed by atoms with E-state index in [1.807, 2.05) is 18.2 Å². The predicted octanol–water partition coefficient (Wildman–Crippen LogP) is 4.54. The van der Waals surface area contributed by atoms with Gasteiger partial charge in [0.15, 0.2) is 0 Å². The number of rotatable bonds is 7. The maximum absolute atomic E-state index is 6.02. The lowest BCUT2D eigenvalue weighted by molar-refractivity contribution is 0.321. The van der Waals surface area contributed by atoms with Gasteiger partial charge in [0.25, 0.3) is 0 Å². The Hall–Kier alpha value is -2.62. The quantitative estimate of drug-likeness (QED) is 0.635. The van der Waals surface area contributed by atoms with Crippen LogP contribution in [0.15, 0.2) is 48.8 Å². The van der Waals surface area contributed by atoms with Crippen LogP contribution in [0.5, 0.6) is 5.75 Å². The van der Waals surface area contributed by atoms with Gasteiger partial charge in [-0.2, -0.15) is 0 Å². The smallest absolute Gasteiger partial charge is 0.139 e. The molecule has 0 aliphatic carbocycles. The molecule has 25 heavy (non-hydrogen) atoms. The van der Waals surface area contributed by atoms with Crippen molar-refractivity contribution in [3.8, 4) is 5.75 Å². The summed E-state index contributed by atoms with van der Waals surface area (Å²) in [5, 5.41) is 1.09. The Morgan fingerprint density at radius 2 is 1.84 bits per heavy atom. The lowest BCUT2D eigenvalue weighted by Crippen LogP contribution is -2.30. The van der Waals surface area contributed by atoms with E-state index in [-0.39, 0.29) is 0 Å². The van der Waals surface area contributed by atoms with Crippen molar-refractivity contribution in [2.24, 2.45) is 0 Å². The highest BCUT2D eigenvalue weighted by Gasteiger charge is 2.12. The van der Waals surface area contributed by atoms with Gasteiger partial charge in [0.05, 0.1) is 12.1 Å². The molecule has 3 aromatic rings. The molecule has 0 saturated carbocycles. The third-order valence-corrected chi connectivity index (χ3v) is 4.26. The Balaban J connectivity index is 1.75. The Morgan fingerprint density at radius 1 is 1.00 bits per heavy atom. The van der Waals surface area contributed by atoms with E-state index >= 15 is 0 Å². The van der Waals surface area contributed by atoms with Crippen LogP contribution in [0.25, 0.3) is 10.9 Å². The highest BCUT2D eigenvalue weighted by Crippen LogP contribution is 2.23. The largest absolute Gasteiger partial charge is 0.491 e. The fourth-order valence-electron chi connectivity index (χ4n) is 3.06. The van der Waals surface area contributed by atoms with E-state index in [4.69, 9.17) is 4.74 Å². The number of hydrogen-bond donors (Lipinski definition) is 0. The summed E-state index contributed by atoms with van der Waals surface area (Å²) in [5.41, 5.74) is 3.41. The molecule has 0 N–H and O–H groups in total. The van der Waals surface area contributed by atoms with E-state index in [1.165, 1.54) is 11.1 Å². The average molecular weight is 335 g/mol. The third kappa shape index (κ3) is 4.08. The van der Waals surface area contributed by atoms with Gasteiger partial charge in [-0.25, -0.2) is 9.97 Å². The average Bonchev–Trinajstić information content (AvgIpc) is 2.62. The van der Waals surface area contributed by atoms with E-state index in [0.717, 1.165) is 42.0 Å². The second-order valence-electron chi connectivity index (χ2n) is 6.32. The number of anilines is 1. The Morgan fingerprint density at radius 3 is 2.64 bits per heavy atom. The minimum absolute atomic E-state index is 0.627. The molecule has 2 aromatic carbocycles. The summed E-state index contributed by atoms with van der Waals surface area (Å²) in [6, 6.07) is 14.4. The van der Waals surface area contributed by atoms with Gasteiger partial charge in [-0.15, -0.1) is 0 Å². The van der Waals surface area contributed by atoms with Crippen molar-refractivity contribution in [2.75, 3.05) is 24.6 Å². The third-order valence-electron chi connectivity index (χ3n) is 4.26. The van der Waals surface area contributed by atoms with Gasteiger partial charge in [0, 0.05) is 11.9 Å². The van der Waals surface area contributed by atoms with E-state index in [9.17, 15) is 0 Å². The maximum atomic E-state index is 6.02. The van der Waals surface area contributed by atoms with E-state index in [1.54, 1.807) is 6.33 Å². The molecule has 0 radical (unpaired) electrons. The first-order valence-corrected chi connectivity index (χ1v) is 8.83. The Labute approximate surface area is 149 Å². The summed E-state index contributed by atoms with van der Waals surface area (Å²) >= 11 is 0. The van der Waals surface area contributed by atoms with Crippen molar-refractivity contribution < 1.29 is 4.74 Å². The molecule has 1 aromatic heterocycles. The summed E-state index contributed by atoms with van der Waals surface area (Å²) in [6.45, 7) is 8.73. The molecule has 3 rings (SSSR count). The minimum atomic E-state index is 0.627. The van der Waals surface area contributed by atoms with Crippen molar-refractivity contribution in [3.63, 3.8) is 0 Å². The van der Waals surface area contributed by atoms with Crippen LogP contribution in [0.4, 0.5) is 5.82 Å². The van der Waals surface area contributed by atoms with Crippen molar-refractivity contribution in [3.05, 3.63) is 59.9 Å². The molecule has 4 nitrogen and oxygen atoms in total. The van der Waals surface area contributed by atoms with Crippen LogP contribution < -0.4 is 9.64 Å². The van der Waals surface area contributed by atoms with Crippen LogP contribution in [0.3, 0.4) is 0 Å². The number of nitrogens with zero attached hydrogens (tertiary/aromatic N) is 3. The van der Waals surface area contributed by atoms with Crippen LogP contribution in [0.2, 0.25) is 0 Å². The zero-order chi connectivity index (χ0) is 17.6. The highest BCUT2D eigenvalue weighted by atomic mass is 16.5. The number of fused-ring (bicyclic) bond motifs is 1. The minimum Gasteiger partial charge on any atom is -0.491 e.